The number of halogens is 2. The third-order valence-electron chi connectivity index (χ3n) is 19.0. The van der Waals surface area contributed by atoms with Crippen molar-refractivity contribution >= 4 is 57.0 Å². The number of aliphatic hydroxyl groups excluding tert-OH is 4. The SMILES string of the molecule is C=CCOc1c(I)cccc1CN1O[C@@H](CO)[C@@H]([C@H](C)O)[C@H]1C(=O)NC1CC2C[C@@H]([C@@H]1C)C2(C)C.C[C@H](O)[C@@H]1[C@H](CO)ON(Cc2cccc(I)c2OCCN2CCOCC2)[C@@H]1C(=O)NC1CC2C[C@@H]([C@@H]1C)C2(C)C. The Morgan fingerprint density at radius 3 is 1.57 bits per heavy atom. The van der Waals surface area contributed by atoms with Gasteiger partial charge in [-0.15, -0.1) is 0 Å². The molecular formula is C57H85I2N5O11. The number of fused-ring (bicyclic) bond motifs is 4. The Bertz CT molecular complexity index is 2280. The summed E-state index contributed by atoms with van der Waals surface area (Å²) in [5.74, 6) is 3.35. The van der Waals surface area contributed by atoms with Crippen LogP contribution in [-0.4, -0.2) is 155 Å². The van der Waals surface area contributed by atoms with E-state index < -0.39 is 48.3 Å². The Balaban J connectivity index is 0.000000201. The van der Waals surface area contributed by atoms with Crippen LogP contribution in [0.1, 0.15) is 92.2 Å². The lowest BCUT2D eigenvalue weighted by Crippen LogP contribution is -2.62. The molecule has 2 amide bonds. The van der Waals surface area contributed by atoms with Gasteiger partial charge >= 0.3 is 0 Å². The van der Waals surface area contributed by atoms with Gasteiger partial charge in [-0.25, -0.2) is 0 Å². The second kappa shape index (κ2) is 25.1. The molecule has 9 fully saturated rings. The summed E-state index contributed by atoms with van der Waals surface area (Å²) in [5.41, 5.74) is 2.44. The number of nitrogens with one attached hydrogen (secondary N) is 2. The number of aliphatic hydroxyl groups is 4. The third-order valence-corrected chi connectivity index (χ3v) is 20.7. The fraction of sp³-hybridized carbons (Fsp3) is 0.719. The normalized spacial score (nSPS) is 34.7. The predicted molar refractivity (Wildman–Crippen MR) is 302 cm³/mol. The number of benzene rings is 2. The van der Waals surface area contributed by atoms with Gasteiger partial charge < -0.3 is 45.3 Å². The molecule has 3 aliphatic heterocycles. The van der Waals surface area contributed by atoms with Gasteiger partial charge in [0.05, 0.1) is 58.9 Å². The topological polar surface area (TPSA) is 195 Å². The van der Waals surface area contributed by atoms with Crippen LogP contribution >= 0.6 is 45.2 Å². The van der Waals surface area contributed by atoms with Crippen molar-refractivity contribution in [2.75, 3.05) is 59.3 Å². The Hall–Kier alpha value is -2.22. The van der Waals surface area contributed by atoms with E-state index in [1.807, 2.05) is 36.4 Å². The first-order chi connectivity index (χ1) is 35.7. The summed E-state index contributed by atoms with van der Waals surface area (Å²) < 4.78 is 19.6. The molecule has 6 aliphatic carbocycles. The minimum Gasteiger partial charge on any atom is -0.491 e. The number of hydroxylamine groups is 4. The zero-order valence-corrected chi connectivity index (χ0v) is 49.7. The summed E-state index contributed by atoms with van der Waals surface area (Å²) >= 11 is 4.51. The smallest absolute Gasteiger partial charge is 0.240 e. The number of hydrogen-bond donors (Lipinski definition) is 6. The molecule has 3 saturated heterocycles. The van der Waals surface area contributed by atoms with E-state index in [-0.39, 0.29) is 37.1 Å². The lowest BCUT2D eigenvalue weighted by molar-refractivity contribution is -0.183. The fourth-order valence-corrected chi connectivity index (χ4v) is 15.6. The van der Waals surface area contributed by atoms with Crippen LogP contribution in [0.2, 0.25) is 0 Å². The molecule has 0 radical (unpaired) electrons. The van der Waals surface area contributed by atoms with E-state index in [2.05, 4.69) is 109 Å². The number of amides is 2. The molecule has 75 heavy (non-hydrogen) atoms. The number of morpholine rings is 1. The average Bonchev–Trinajstić information content (AvgIpc) is 3.94. The van der Waals surface area contributed by atoms with E-state index in [1.54, 1.807) is 30.0 Å². The highest BCUT2D eigenvalue weighted by Crippen LogP contribution is 2.62. The second-order valence-corrected chi connectivity index (χ2v) is 26.2. The van der Waals surface area contributed by atoms with Gasteiger partial charge in [-0.1, -0.05) is 78.5 Å². The van der Waals surface area contributed by atoms with Gasteiger partial charge in [0.25, 0.3) is 0 Å². The molecular weight excluding hydrogens is 1180 g/mol. The van der Waals surface area contributed by atoms with Gasteiger partial charge in [0.2, 0.25) is 11.8 Å². The first-order valence-corrected chi connectivity index (χ1v) is 29.6. The average molecular weight is 1270 g/mol. The minimum atomic E-state index is -0.825. The van der Waals surface area contributed by atoms with Gasteiger partial charge in [0, 0.05) is 54.7 Å². The molecule has 3 heterocycles. The van der Waals surface area contributed by atoms with E-state index in [0.717, 1.165) is 75.5 Å². The van der Waals surface area contributed by atoms with Crippen LogP contribution in [-0.2, 0) is 37.1 Å². The molecule has 2 aromatic rings. The first-order valence-electron chi connectivity index (χ1n) is 27.5. The molecule has 4 bridgehead atoms. The Labute approximate surface area is 472 Å². The quantitative estimate of drug-likeness (QED) is 0.0690. The summed E-state index contributed by atoms with van der Waals surface area (Å²) in [6, 6.07) is 10.6. The summed E-state index contributed by atoms with van der Waals surface area (Å²) in [7, 11) is 0. The lowest BCUT2D eigenvalue weighted by atomic mass is 9.45. The molecule has 6 saturated carbocycles. The maximum atomic E-state index is 13.9. The van der Waals surface area contributed by atoms with Gasteiger partial charge in [-0.05, 0) is 143 Å². The molecule has 0 aromatic heterocycles. The zero-order chi connectivity index (χ0) is 54.1. The number of hydrogen-bond acceptors (Lipinski definition) is 14. The van der Waals surface area contributed by atoms with Crippen LogP contribution in [0.3, 0.4) is 0 Å². The van der Waals surface area contributed by atoms with E-state index in [0.29, 0.717) is 72.6 Å². The molecule has 18 heteroatoms. The second-order valence-electron chi connectivity index (χ2n) is 23.8. The zero-order valence-electron chi connectivity index (χ0n) is 45.3. The van der Waals surface area contributed by atoms with Crippen molar-refractivity contribution in [1.82, 2.24) is 25.7 Å². The summed E-state index contributed by atoms with van der Waals surface area (Å²) in [6.07, 6.45) is 3.14. The molecule has 16 atom stereocenters. The van der Waals surface area contributed by atoms with Crippen LogP contribution in [0.5, 0.6) is 11.5 Å². The number of carbonyl (C=O) groups excluding carboxylic acids is 2. The van der Waals surface area contributed by atoms with Crippen LogP contribution < -0.4 is 20.1 Å². The third kappa shape index (κ3) is 12.4. The van der Waals surface area contributed by atoms with Crippen molar-refractivity contribution in [3.05, 3.63) is 67.3 Å². The van der Waals surface area contributed by atoms with Crippen LogP contribution in [0.25, 0.3) is 0 Å². The van der Waals surface area contributed by atoms with E-state index in [1.165, 1.54) is 12.8 Å². The highest BCUT2D eigenvalue weighted by Gasteiger charge is 2.59. The number of nitrogens with zero attached hydrogens (tertiary/aromatic N) is 3. The Morgan fingerprint density at radius 1 is 0.747 bits per heavy atom. The van der Waals surface area contributed by atoms with Crippen LogP contribution in [0.4, 0.5) is 0 Å². The van der Waals surface area contributed by atoms with Gasteiger partial charge in [-0.3, -0.25) is 24.2 Å². The van der Waals surface area contributed by atoms with E-state index in [9.17, 15) is 30.0 Å². The largest absolute Gasteiger partial charge is 0.491 e. The van der Waals surface area contributed by atoms with Gasteiger partial charge in [0.1, 0.15) is 49.0 Å². The molecule has 11 rings (SSSR count). The molecule has 0 spiro atoms. The molecule has 4 unspecified atom stereocenters. The molecule has 16 nitrogen and oxygen atoms in total. The monoisotopic (exact) mass is 1270 g/mol. The van der Waals surface area contributed by atoms with Crippen molar-refractivity contribution in [3.63, 3.8) is 0 Å². The molecule has 9 aliphatic rings. The number of rotatable bonds is 19. The van der Waals surface area contributed by atoms with Crippen molar-refractivity contribution in [1.29, 1.82) is 0 Å². The number of carbonyl (C=O) groups is 2. The molecule has 2 aromatic carbocycles. The van der Waals surface area contributed by atoms with Crippen molar-refractivity contribution in [2.24, 2.45) is 58.2 Å². The van der Waals surface area contributed by atoms with Crippen LogP contribution in [0, 0.1) is 65.3 Å². The number of para-hydroxylation sites is 2. The fourth-order valence-electron chi connectivity index (χ4n) is 14.2. The lowest BCUT2D eigenvalue weighted by Gasteiger charge is -2.62. The van der Waals surface area contributed by atoms with Crippen LogP contribution in [0.15, 0.2) is 49.1 Å². The minimum absolute atomic E-state index is 0.103. The maximum absolute atomic E-state index is 13.9. The highest BCUT2D eigenvalue weighted by atomic mass is 127. The van der Waals surface area contributed by atoms with E-state index in [4.69, 9.17) is 23.9 Å². The molecule has 418 valence electrons. The van der Waals surface area contributed by atoms with Crippen molar-refractivity contribution in [2.45, 2.75) is 143 Å². The standard InChI is InChI=1S/C30H46IN3O6.C27H39IN2O5/c1-18-22-14-21(30(22,3)4)15-24(18)32-29(37)27-26(19(2)36)25(17-35)40-34(27)16-20-6-5-7-23(31)28(20)39-13-10-33-8-11-38-12-9-33;1-6-10-34-25-17(8-7-9-20(25)28)13-30-24(23(16(3)32)22(14-31)35-30)26(33)29-21-12-18-11-19(15(21)2)27(18,4)5/h5-7,18-19,21-22,24-27,35-36H,8-17H2,1-4H3,(H,32,37);6-9,15-16,18-19,21-24,31-32H,1,10-14H2,2-5H3,(H,29,33)/t18-,19-,21?,22-,24?,25-,26+,27-;15-,16-,18?,19-,21?,22-,23+,24-/m00/s1. The summed E-state index contributed by atoms with van der Waals surface area (Å²) in [4.78, 5) is 42.3. The van der Waals surface area contributed by atoms with E-state index >= 15 is 0 Å². The highest BCUT2D eigenvalue weighted by molar-refractivity contribution is 14.1. The predicted octanol–water partition coefficient (Wildman–Crippen LogP) is 6.18. The van der Waals surface area contributed by atoms with Gasteiger partial charge in [0.15, 0.2) is 0 Å². The Morgan fingerprint density at radius 2 is 1.19 bits per heavy atom. The van der Waals surface area contributed by atoms with Crippen molar-refractivity contribution < 1.29 is 53.9 Å². The maximum Gasteiger partial charge on any atom is 0.240 e. The summed E-state index contributed by atoms with van der Waals surface area (Å²) in [6.45, 7) is 26.0. The van der Waals surface area contributed by atoms with Gasteiger partial charge in [-0.2, -0.15) is 10.1 Å². The number of ether oxygens (including phenoxy) is 3. The molecule has 6 N–H and O–H groups in total. The first kappa shape index (κ1) is 58.9. The Kier molecular flexibility index (Phi) is 19.7. The van der Waals surface area contributed by atoms with Crippen molar-refractivity contribution in [3.8, 4) is 11.5 Å². The summed E-state index contributed by atoms with van der Waals surface area (Å²) in [5, 5.41) is 51.4.